The van der Waals surface area contributed by atoms with Crippen LogP contribution in [0.25, 0.3) is 0 Å². The van der Waals surface area contributed by atoms with Gasteiger partial charge in [-0.25, -0.2) is 4.39 Å². The van der Waals surface area contributed by atoms with Gasteiger partial charge in [0.25, 0.3) is 0 Å². The van der Waals surface area contributed by atoms with Crippen LogP contribution in [0.1, 0.15) is 31.9 Å². The number of halogens is 1. The Balaban J connectivity index is 2.26. The van der Waals surface area contributed by atoms with E-state index < -0.39 is 11.9 Å². The minimum atomic E-state index is -0.848. The Morgan fingerprint density at radius 3 is 2.81 bits per heavy atom. The second-order valence-corrected chi connectivity index (χ2v) is 5.48. The fourth-order valence-electron chi connectivity index (χ4n) is 3.00. The maximum Gasteiger partial charge on any atom is 0.310 e. The summed E-state index contributed by atoms with van der Waals surface area (Å²) in [6, 6.07) is 6.27. The van der Waals surface area contributed by atoms with Gasteiger partial charge in [0.15, 0.2) is 0 Å². The van der Waals surface area contributed by atoms with Crippen LogP contribution in [0.3, 0.4) is 0 Å². The molecule has 1 aliphatic heterocycles. The van der Waals surface area contributed by atoms with Crippen LogP contribution in [0.15, 0.2) is 24.3 Å². The van der Waals surface area contributed by atoms with Crippen LogP contribution in [0.2, 0.25) is 0 Å². The van der Waals surface area contributed by atoms with Crippen LogP contribution in [0, 0.1) is 11.7 Å². The molecule has 1 aromatic carbocycles. The predicted molar refractivity (Wildman–Crippen MR) is 77.5 cm³/mol. The smallest absolute Gasteiger partial charge is 0.310 e. The summed E-state index contributed by atoms with van der Waals surface area (Å²) >= 11 is 0. The molecule has 0 radical (unpaired) electrons. The normalized spacial score (nSPS) is 23.4. The monoisotopic (exact) mass is 295 g/mol. The Morgan fingerprint density at radius 2 is 2.19 bits per heavy atom. The predicted octanol–water partition coefficient (Wildman–Crippen LogP) is 2.70. The van der Waals surface area contributed by atoms with Gasteiger partial charge in [-0.1, -0.05) is 25.1 Å². The SMILES string of the molecule is CCCN(C(C)c1ccccc1F)C1COCC1C(=O)O. The molecule has 21 heavy (non-hydrogen) atoms. The average Bonchev–Trinajstić information content (AvgIpc) is 2.94. The van der Waals surface area contributed by atoms with Gasteiger partial charge in [-0.3, -0.25) is 9.69 Å². The molecular formula is C16H22FNO3. The molecule has 3 atom stereocenters. The van der Waals surface area contributed by atoms with E-state index in [1.54, 1.807) is 18.2 Å². The Morgan fingerprint density at radius 1 is 1.48 bits per heavy atom. The Bertz CT molecular complexity index is 494. The second kappa shape index (κ2) is 7.00. The summed E-state index contributed by atoms with van der Waals surface area (Å²) < 4.78 is 19.4. The zero-order valence-corrected chi connectivity index (χ0v) is 12.5. The van der Waals surface area contributed by atoms with Crippen molar-refractivity contribution in [2.75, 3.05) is 19.8 Å². The lowest BCUT2D eigenvalue weighted by molar-refractivity contribution is -0.143. The van der Waals surface area contributed by atoms with Gasteiger partial charge in [-0.05, 0) is 26.0 Å². The van der Waals surface area contributed by atoms with Crippen LogP contribution >= 0.6 is 0 Å². The van der Waals surface area contributed by atoms with Crippen molar-refractivity contribution in [2.45, 2.75) is 32.4 Å². The third-order valence-electron chi connectivity index (χ3n) is 4.13. The molecule has 1 N–H and O–H groups in total. The van der Waals surface area contributed by atoms with E-state index >= 15 is 0 Å². The minimum absolute atomic E-state index is 0.181. The van der Waals surface area contributed by atoms with Gasteiger partial charge in [0.05, 0.1) is 19.1 Å². The fourth-order valence-corrected chi connectivity index (χ4v) is 3.00. The average molecular weight is 295 g/mol. The molecular weight excluding hydrogens is 273 g/mol. The highest BCUT2D eigenvalue weighted by Gasteiger charge is 2.39. The van der Waals surface area contributed by atoms with Crippen molar-refractivity contribution >= 4 is 5.97 Å². The van der Waals surface area contributed by atoms with Crippen LogP contribution in [-0.2, 0) is 9.53 Å². The molecule has 2 rings (SSSR count). The Hall–Kier alpha value is -1.46. The molecule has 1 heterocycles. The van der Waals surface area contributed by atoms with Crippen LogP contribution in [-0.4, -0.2) is 41.8 Å². The largest absolute Gasteiger partial charge is 0.481 e. The van der Waals surface area contributed by atoms with E-state index in [0.717, 1.165) is 6.42 Å². The van der Waals surface area contributed by atoms with E-state index in [9.17, 15) is 14.3 Å². The van der Waals surface area contributed by atoms with Crippen LogP contribution in [0.4, 0.5) is 4.39 Å². The van der Waals surface area contributed by atoms with Crippen molar-refractivity contribution in [2.24, 2.45) is 5.92 Å². The molecule has 0 bridgehead atoms. The van der Waals surface area contributed by atoms with Gasteiger partial charge >= 0.3 is 5.97 Å². The number of benzene rings is 1. The number of nitrogens with zero attached hydrogens (tertiary/aromatic N) is 1. The molecule has 3 unspecified atom stereocenters. The Kier molecular flexibility index (Phi) is 5.31. The molecule has 1 saturated heterocycles. The molecule has 0 aromatic heterocycles. The highest BCUT2D eigenvalue weighted by molar-refractivity contribution is 5.71. The second-order valence-electron chi connectivity index (χ2n) is 5.48. The lowest BCUT2D eigenvalue weighted by Crippen LogP contribution is -2.45. The first-order valence-electron chi connectivity index (χ1n) is 7.37. The molecule has 0 aliphatic carbocycles. The summed E-state index contributed by atoms with van der Waals surface area (Å²) in [6.07, 6.45) is 0.877. The zero-order valence-electron chi connectivity index (χ0n) is 12.5. The van der Waals surface area contributed by atoms with Gasteiger partial charge in [-0.15, -0.1) is 0 Å². The van der Waals surface area contributed by atoms with E-state index in [2.05, 4.69) is 4.90 Å². The van der Waals surface area contributed by atoms with Gasteiger partial charge in [0.2, 0.25) is 0 Å². The molecule has 5 heteroatoms. The van der Waals surface area contributed by atoms with Crippen molar-refractivity contribution in [3.05, 3.63) is 35.6 Å². The molecule has 0 spiro atoms. The number of ether oxygens (including phenoxy) is 1. The molecule has 4 nitrogen and oxygen atoms in total. The number of rotatable bonds is 6. The van der Waals surface area contributed by atoms with Gasteiger partial charge in [0, 0.05) is 17.6 Å². The standard InChI is InChI=1S/C16H22FNO3/c1-3-8-18(15-10-21-9-13(15)16(19)20)11(2)12-6-4-5-7-14(12)17/h4-7,11,13,15H,3,8-10H2,1-2H3,(H,19,20). The molecule has 1 aliphatic rings. The number of aliphatic carboxylic acids is 1. The number of carboxylic acids is 1. The van der Waals surface area contributed by atoms with Crippen molar-refractivity contribution in [3.8, 4) is 0 Å². The summed E-state index contributed by atoms with van der Waals surface area (Å²) in [4.78, 5) is 13.4. The van der Waals surface area contributed by atoms with E-state index in [-0.39, 0.29) is 24.5 Å². The third-order valence-corrected chi connectivity index (χ3v) is 4.13. The summed E-state index contributed by atoms with van der Waals surface area (Å²) in [5.41, 5.74) is 0.599. The third kappa shape index (κ3) is 3.41. The first kappa shape index (κ1) is 15.9. The van der Waals surface area contributed by atoms with Crippen molar-refractivity contribution in [3.63, 3.8) is 0 Å². The van der Waals surface area contributed by atoms with E-state index in [1.807, 2.05) is 13.8 Å². The van der Waals surface area contributed by atoms with Crippen molar-refractivity contribution < 1.29 is 19.0 Å². The van der Waals surface area contributed by atoms with Crippen LogP contribution in [0.5, 0.6) is 0 Å². The quantitative estimate of drug-likeness (QED) is 0.876. The lowest BCUT2D eigenvalue weighted by atomic mass is 9.97. The molecule has 116 valence electrons. The van der Waals surface area contributed by atoms with E-state index in [1.165, 1.54) is 6.07 Å². The summed E-state index contributed by atoms with van der Waals surface area (Å²) in [6.45, 7) is 5.28. The number of carbonyl (C=O) groups is 1. The van der Waals surface area contributed by atoms with Crippen molar-refractivity contribution in [1.82, 2.24) is 4.90 Å². The Labute approximate surface area is 124 Å². The molecule has 1 aromatic rings. The molecule has 1 fully saturated rings. The highest BCUT2D eigenvalue weighted by Crippen LogP contribution is 2.30. The fraction of sp³-hybridized carbons (Fsp3) is 0.562. The van der Waals surface area contributed by atoms with E-state index in [0.29, 0.717) is 18.7 Å². The lowest BCUT2D eigenvalue weighted by Gasteiger charge is -2.35. The number of hydrogen-bond donors (Lipinski definition) is 1. The minimum Gasteiger partial charge on any atom is -0.481 e. The summed E-state index contributed by atoms with van der Waals surface area (Å²) in [7, 11) is 0. The first-order chi connectivity index (χ1) is 10.1. The summed E-state index contributed by atoms with van der Waals surface area (Å²) in [5, 5.41) is 9.33. The van der Waals surface area contributed by atoms with Crippen LogP contribution < -0.4 is 0 Å². The van der Waals surface area contributed by atoms with Crippen molar-refractivity contribution in [1.29, 1.82) is 0 Å². The number of carboxylic acid groups (broad SMARTS) is 1. The molecule has 0 amide bonds. The maximum absolute atomic E-state index is 14.0. The van der Waals surface area contributed by atoms with Gasteiger partial charge in [-0.2, -0.15) is 0 Å². The highest BCUT2D eigenvalue weighted by atomic mass is 19.1. The first-order valence-corrected chi connectivity index (χ1v) is 7.37. The van der Waals surface area contributed by atoms with Gasteiger partial charge < -0.3 is 9.84 Å². The zero-order chi connectivity index (χ0) is 15.4. The van der Waals surface area contributed by atoms with Gasteiger partial charge in [0.1, 0.15) is 5.82 Å². The summed E-state index contributed by atoms with van der Waals surface area (Å²) in [5.74, 6) is -1.65. The topological polar surface area (TPSA) is 49.8 Å². The van der Waals surface area contributed by atoms with E-state index in [4.69, 9.17) is 4.74 Å². The number of hydrogen-bond acceptors (Lipinski definition) is 3. The maximum atomic E-state index is 14.0. The molecule has 0 saturated carbocycles.